The number of nitrogens with one attached hydrogen (secondary N) is 1. The Morgan fingerprint density at radius 3 is 3.40 bits per heavy atom. The molecule has 0 aliphatic carbocycles. The minimum atomic E-state index is 0.809. The summed E-state index contributed by atoms with van der Waals surface area (Å²) >= 11 is 0. The van der Waals surface area contributed by atoms with Gasteiger partial charge in [0.1, 0.15) is 0 Å². The lowest BCUT2D eigenvalue weighted by atomic mass is 10.2. The molecule has 0 atom stereocenters. The zero-order valence-corrected chi connectivity index (χ0v) is 6.17. The topological polar surface area (TPSA) is 24.4 Å². The highest BCUT2D eigenvalue weighted by Crippen LogP contribution is 1.93. The highest BCUT2D eigenvalue weighted by atomic mass is 14.8. The molecule has 1 aliphatic rings. The molecule has 0 radical (unpaired) electrons. The number of nitrogens with zero attached hydrogens (tertiary/aromatic N) is 1. The molecule has 2 heteroatoms. The average molecular weight is 136 g/mol. The van der Waals surface area contributed by atoms with Crippen molar-refractivity contribution in [1.82, 2.24) is 5.32 Å². The molecule has 0 bridgehead atoms. The van der Waals surface area contributed by atoms with Crippen molar-refractivity contribution in [2.75, 3.05) is 20.1 Å². The van der Waals surface area contributed by atoms with Crippen molar-refractivity contribution in [3.05, 3.63) is 23.8 Å². The summed E-state index contributed by atoms with van der Waals surface area (Å²) in [6.07, 6.45) is 8.07. The lowest BCUT2D eigenvalue weighted by Gasteiger charge is -1.95. The predicted octanol–water partition coefficient (Wildman–Crippen LogP) is 0.773. The second-order valence-electron chi connectivity index (χ2n) is 2.19. The Balaban J connectivity index is 2.55. The minimum absolute atomic E-state index is 0.809. The quantitative estimate of drug-likeness (QED) is 0.596. The molecular formula is C8H12N2. The summed E-state index contributed by atoms with van der Waals surface area (Å²) in [6, 6.07) is 0. The predicted molar refractivity (Wildman–Crippen MR) is 44.5 cm³/mol. The van der Waals surface area contributed by atoms with Gasteiger partial charge in [0, 0.05) is 12.8 Å². The maximum atomic E-state index is 4.15. The van der Waals surface area contributed by atoms with Gasteiger partial charge in [-0.25, -0.2) is 0 Å². The van der Waals surface area contributed by atoms with E-state index in [9.17, 15) is 0 Å². The van der Waals surface area contributed by atoms with Crippen LogP contribution in [0.4, 0.5) is 0 Å². The third-order valence-corrected chi connectivity index (χ3v) is 1.30. The molecule has 0 saturated carbocycles. The molecule has 0 spiro atoms. The van der Waals surface area contributed by atoms with Crippen molar-refractivity contribution < 1.29 is 0 Å². The van der Waals surface area contributed by atoms with Crippen LogP contribution in [0.5, 0.6) is 0 Å². The fraction of sp³-hybridized carbons (Fsp3) is 0.375. The van der Waals surface area contributed by atoms with Gasteiger partial charge in [0.05, 0.1) is 6.54 Å². The SMILES string of the molecule is CNCC1=CC=CCN=C1. The van der Waals surface area contributed by atoms with Crippen LogP contribution < -0.4 is 5.32 Å². The Labute approximate surface area is 61.4 Å². The Bertz CT molecular complexity index is 178. The summed E-state index contributed by atoms with van der Waals surface area (Å²) in [6.45, 7) is 1.71. The van der Waals surface area contributed by atoms with Crippen LogP contribution in [0.25, 0.3) is 0 Å². The van der Waals surface area contributed by atoms with Crippen LogP contribution in [0.1, 0.15) is 0 Å². The van der Waals surface area contributed by atoms with Crippen LogP contribution in [0.3, 0.4) is 0 Å². The lowest BCUT2D eigenvalue weighted by molar-refractivity contribution is 0.905. The summed E-state index contributed by atoms with van der Waals surface area (Å²) in [5.74, 6) is 0. The van der Waals surface area contributed by atoms with Crippen LogP contribution in [0.15, 0.2) is 28.8 Å². The molecule has 2 nitrogen and oxygen atoms in total. The van der Waals surface area contributed by atoms with Crippen molar-refractivity contribution >= 4 is 6.21 Å². The first-order valence-corrected chi connectivity index (χ1v) is 3.43. The molecule has 1 aliphatic heterocycles. The average Bonchev–Trinajstić information content (AvgIpc) is 2.17. The van der Waals surface area contributed by atoms with Gasteiger partial charge in [-0.2, -0.15) is 0 Å². The van der Waals surface area contributed by atoms with Crippen molar-refractivity contribution in [1.29, 1.82) is 0 Å². The maximum Gasteiger partial charge on any atom is 0.0573 e. The van der Waals surface area contributed by atoms with E-state index in [1.807, 2.05) is 25.4 Å². The van der Waals surface area contributed by atoms with E-state index in [4.69, 9.17) is 0 Å². The molecule has 1 N–H and O–H groups in total. The molecule has 1 rings (SSSR count). The van der Waals surface area contributed by atoms with Gasteiger partial charge in [0.15, 0.2) is 0 Å². The van der Waals surface area contributed by atoms with E-state index >= 15 is 0 Å². The molecule has 0 unspecified atom stereocenters. The number of rotatable bonds is 2. The monoisotopic (exact) mass is 136 g/mol. The smallest absolute Gasteiger partial charge is 0.0573 e. The van der Waals surface area contributed by atoms with Crippen LogP contribution >= 0.6 is 0 Å². The number of aliphatic imine (C=N–C) groups is 1. The summed E-state index contributed by atoms with van der Waals surface area (Å²) in [5, 5.41) is 3.07. The Kier molecular flexibility index (Phi) is 2.90. The first-order valence-electron chi connectivity index (χ1n) is 3.43. The van der Waals surface area contributed by atoms with Crippen molar-refractivity contribution in [2.24, 2.45) is 4.99 Å². The fourth-order valence-electron chi connectivity index (χ4n) is 0.835. The second kappa shape index (κ2) is 4.01. The van der Waals surface area contributed by atoms with Gasteiger partial charge in [-0.05, 0) is 12.6 Å². The van der Waals surface area contributed by atoms with E-state index in [2.05, 4.69) is 16.4 Å². The van der Waals surface area contributed by atoms with Gasteiger partial charge >= 0.3 is 0 Å². The third kappa shape index (κ3) is 2.15. The van der Waals surface area contributed by atoms with Crippen molar-refractivity contribution in [2.45, 2.75) is 0 Å². The minimum Gasteiger partial charge on any atom is -0.316 e. The van der Waals surface area contributed by atoms with E-state index in [1.165, 1.54) is 5.57 Å². The molecule has 54 valence electrons. The Hall–Kier alpha value is -0.890. The van der Waals surface area contributed by atoms with Crippen LogP contribution in [0.2, 0.25) is 0 Å². The Morgan fingerprint density at radius 1 is 1.70 bits per heavy atom. The zero-order chi connectivity index (χ0) is 7.23. The molecule has 0 aromatic rings. The first kappa shape index (κ1) is 7.22. The number of likely N-dealkylation sites (N-methyl/N-ethyl adjacent to an activating group) is 1. The number of allylic oxidation sites excluding steroid dienone is 2. The Morgan fingerprint density at radius 2 is 2.60 bits per heavy atom. The molecule has 1 heterocycles. The van der Waals surface area contributed by atoms with Gasteiger partial charge in [-0.15, -0.1) is 0 Å². The van der Waals surface area contributed by atoms with Gasteiger partial charge in [0.25, 0.3) is 0 Å². The molecule has 0 amide bonds. The van der Waals surface area contributed by atoms with E-state index < -0.39 is 0 Å². The maximum absolute atomic E-state index is 4.15. The van der Waals surface area contributed by atoms with Gasteiger partial charge in [-0.3, -0.25) is 4.99 Å². The van der Waals surface area contributed by atoms with E-state index in [-0.39, 0.29) is 0 Å². The van der Waals surface area contributed by atoms with Crippen LogP contribution in [0, 0.1) is 0 Å². The van der Waals surface area contributed by atoms with Crippen LogP contribution in [-0.2, 0) is 0 Å². The highest BCUT2D eigenvalue weighted by molar-refractivity contribution is 5.80. The second-order valence-corrected chi connectivity index (χ2v) is 2.19. The molecule has 0 aromatic carbocycles. The van der Waals surface area contributed by atoms with Crippen molar-refractivity contribution in [3.8, 4) is 0 Å². The molecule has 10 heavy (non-hydrogen) atoms. The standard InChI is InChI=1S/C8H12N2/c1-9-6-8-4-2-3-5-10-7-8/h2-4,7,9H,5-6H2,1H3. The fourth-order valence-corrected chi connectivity index (χ4v) is 0.835. The molecular weight excluding hydrogens is 124 g/mol. The molecule has 0 aromatic heterocycles. The van der Waals surface area contributed by atoms with E-state index in [0.717, 1.165) is 13.1 Å². The third-order valence-electron chi connectivity index (χ3n) is 1.30. The van der Waals surface area contributed by atoms with Gasteiger partial charge < -0.3 is 5.32 Å². The molecule has 0 fully saturated rings. The highest BCUT2D eigenvalue weighted by Gasteiger charge is 1.90. The number of hydrogen-bond donors (Lipinski definition) is 1. The van der Waals surface area contributed by atoms with Crippen molar-refractivity contribution in [3.63, 3.8) is 0 Å². The lowest BCUT2D eigenvalue weighted by Crippen LogP contribution is -2.10. The summed E-state index contributed by atoms with van der Waals surface area (Å²) in [4.78, 5) is 4.15. The summed E-state index contributed by atoms with van der Waals surface area (Å²) in [5.41, 5.74) is 1.23. The van der Waals surface area contributed by atoms with Crippen LogP contribution in [-0.4, -0.2) is 26.4 Å². The van der Waals surface area contributed by atoms with Gasteiger partial charge in [-0.1, -0.05) is 18.2 Å². The van der Waals surface area contributed by atoms with E-state index in [1.54, 1.807) is 0 Å². The zero-order valence-electron chi connectivity index (χ0n) is 6.17. The van der Waals surface area contributed by atoms with E-state index in [0.29, 0.717) is 0 Å². The summed E-state index contributed by atoms with van der Waals surface area (Å²) < 4.78 is 0. The van der Waals surface area contributed by atoms with Gasteiger partial charge in [0.2, 0.25) is 0 Å². The number of hydrogen-bond acceptors (Lipinski definition) is 2. The molecule has 0 saturated heterocycles. The first-order chi connectivity index (χ1) is 4.93. The largest absolute Gasteiger partial charge is 0.316 e. The summed E-state index contributed by atoms with van der Waals surface area (Å²) in [7, 11) is 1.93. The normalized spacial score (nSPS) is 16.7.